The normalized spacial score (nSPS) is 15.2. The minimum absolute atomic E-state index is 0.0496. The van der Waals surface area contributed by atoms with Crippen molar-refractivity contribution in [1.29, 1.82) is 0 Å². The van der Waals surface area contributed by atoms with Gasteiger partial charge in [-0.1, -0.05) is 11.6 Å². The zero-order chi connectivity index (χ0) is 10.8. The highest BCUT2D eigenvalue weighted by Crippen LogP contribution is 2.15. The monoisotopic (exact) mass is 214 g/mol. The Labute approximate surface area is 88.9 Å². The Bertz CT molecular complexity index is 306. The number of aromatic nitrogens is 1. The van der Waals surface area contributed by atoms with E-state index in [2.05, 4.69) is 4.98 Å². The van der Waals surface area contributed by atoms with Crippen LogP contribution in [0.25, 0.3) is 0 Å². The molecular formula is C10H15ClN2O. The second-order valence-corrected chi connectivity index (χ2v) is 4.32. The quantitative estimate of drug-likeness (QED) is 0.746. The van der Waals surface area contributed by atoms with Crippen LogP contribution in [0.4, 0.5) is 0 Å². The molecule has 1 aromatic heterocycles. The van der Waals surface area contributed by atoms with Crippen LogP contribution in [-0.4, -0.2) is 22.2 Å². The van der Waals surface area contributed by atoms with Gasteiger partial charge in [-0.25, -0.2) is 4.98 Å². The number of hydrogen-bond acceptors (Lipinski definition) is 3. The summed E-state index contributed by atoms with van der Waals surface area (Å²) in [4.78, 5) is 4.05. The molecule has 1 atom stereocenters. The fourth-order valence-electron chi connectivity index (χ4n) is 1.32. The van der Waals surface area contributed by atoms with E-state index in [0.717, 1.165) is 11.3 Å². The number of pyridine rings is 1. The first-order chi connectivity index (χ1) is 6.43. The molecule has 1 unspecified atom stereocenters. The van der Waals surface area contributed by atoms with Gasteiger partial charge >= 0.3 is 0 Å². The number of aliphatic hydroxyl groups excluding tert-OH is 1. The molecule has 0 aliphatic rings. The lowest BCUT2D eigenvalue weighted by atomic mass is 9.95. The fraction of sp³-hybridized carbons (Fsp3) is 0.500. The molecule has 0 spiro atoms. The molecule has 3 nitrogen and oxygen atoms in total. The van der Waals surface area contributed by atoms with Crippen LogP contribution in [0.5, 0.6) is 0 Å². The van der Waals surface area contributed by atoms with Gasteiger partial charge in [0, 0.05) is 11.2 Å². The summed E-state index contributed by atoms with van der Waals surface area (Å²) >= 11 is 5.81. The van der Waals surface area contributed by atoms with Gasteiger partial charge < -0.3 is 10.8 Å². The third-order valence-corrected chi connectivity index (χ3v) is 2.14. The first-order valence-corrected chi connectivity index (χ1v) is 4.83. The van der Waals surface area contributed by atoms with Gasteiger partial charge in [-0.2, -0.15) is 0 Å². The number of aryl methyl sites for hydroxylation is 1. The van der Waals surface area contributed by atoms with Crippen molar-refractivity contribution < 1.29 is 5.11 Å². The molecule has 0 bridgehead atoms. The zero-order valence-corrected chi connectivity index (χ0v) is 9.17. The lowest BCUT2D eigenvalue weighted by Gasteiger charge is -2.21. The number of rotatable bonds is 3. The molecule has 14 heavy (non-hydrogen) atoms. The maximum absolute atomic E-state index is 9.02. The maximum Gasteiger partial charge on any atom is 0.129 e. The van der Waals surface area contributed by atoms with Crippen molar-refractivity contribution in [3.05, 3.63) is 28.5 Å². The number of aliphatic hydroxyl groups is 1. The Morgan fingerprint density at radius 2 is 2.21 bits per heavy atom. The van der Waals surface area contributed by atoms with E-state index >= 15 is 0 Å². The summed E-state index contributed by atoms with van der Waals surface area (Å²) in [5.41, 5.74) is 7.10. The fourth-order valence-corrected chi connectivity index (χ4v) is 1.59. The molecule has 3 N–H and O–H groups in total. The molecule has 1 aromatic rings. The smallest absolute Gasteiger partial charge is 0.129 e. The molecule has 78 valence electrons. The predicted molar refractivity (Wildman–Crippen MR) is 57.4 cm³/mol. The summed E-state index contributed by atoms with van der Waals surface area (Å²) < 4.78 is 0. The average Bonchev–Trinajstić information content (AvgIpc) is 2.01. The van der Waals surface area contributed by atoms with E-state index in [1.54, 1.807) is 13.0 Å². The standard InChI is InChI=1S/C10H15ClN2O/c1-7-3-8(4-9(11)13-7)5-10(2,12)6-14/h3-4,14H,5-6,12H2,1-2H3. The summed E-state index contributed by atoms with van der Waals surface area (Å²) in [7, 11) is 0. The molecule has 1 rings (SSSR count). The lowest BCUT2D eigenvalue weighted by molar-refractivity contribution is 0.208. The summed E-state index contributed by atoms with van der Waals surface area (Å²) in [5.74, 6) is 0. The van der Waals surface area contributed by atoms with E-state index < -0.39 is 5.54 Å². The average molecular weight is 215 g/mol. The van der Waals surface area contributed by atoms with E-state index in [1.165, 1.54) is 0 Å². The summed E-state index contributed by atoms with van der Waals surface area (Å²) in [6, 6.07) is 3.70. The molecule has 4 heteroatoms. The van der Waals surface area contributed by atoms with E-state index in [-0.39, 0.29) is 6.61 Å². The highest BCUT2D eigenvalue weighted by molar-refractivity contribution is 6.29. The molecule has 0 saturated heterocycles. The van der Waals surface area contributed by atoms with Crippen LogP contribution in [0, 0.1) is 6.92 Å². The third kappa shape index (κ3) is 3.25. The molecular weight excluding hydrogens is 200 g/mol. The van der Waals surface area contributed by atoms with Gasteiger partial charge in [0.1, 0.15) is 5.15 Å². The third-order valence-electron chi connectivity index (χ3n) is 1.95. The molecule has 0 amide bonds. The number of hydrogen-bond donors (Lipinski definition) is 2. The van der Waals surface area contributed by atoms with Gasteiger partial charge in [0.15, 0.2) is 0 Å². The van der Waals surface area contributed by atoms with Gasteiger partial charge in [-0.15, -0.1) is 0 Å². The van der Waals surface area contributed by atoms with E-state index in [1.807, 2.05) is 13.0 Å². The van der Waals surface area contributed by atoms with Crippen molar-refractivity contribution in [3.8, 4) is 0 Å². The molecule has 0 saturated carbocycles. The highest BCUT2D eigenvalue weighted by Gasteiger charge is 2.17. The lowest BCUT2D eigenvalue weighted by Crippen LogP contribution is -2.42. The molecule has 1 heterocycles. The van der Waals surface area contributed by atoms with Crippen molar-refractivity contribution in [2.75, 3.05) is 6.61 Å². The summed E-state index contributed by atoms with van der Waals surface area (Å²) in [5, 5.41) is 9.49. The van der Waals surface area contributed by atoms with Crippen molar-refractivity contribution in [2.45, 2.75) is 25.8 Å². The summed E-state index contributed by atoms with van der Waals surface area (Å²) in [6.07, 6.45) is 0.590. The Morgan fingerprint density at radius 1 is 1.57 bits per heavy atom. The van der Waals surface area contributed by atoms with Crippen molar-refractivity contribution in [1.82, 2.24) is 4.98 Å². The minimum Gasteiger partial charge on any atom is -0.394 e. The number of nitrogens with zero attached hydrogens (tertiary/aromatic N) is 1. The van der Waals surface area contributed by atoms with Crippen LogP contribution >= 0.6 is 11.6 Å². The highest BCUT2D eigenvalue weighted by atomic mass is 35.5. The van der Waals surface area contributed by atoms with Gasteiger partial charge in [-0.3, -0.25) is 0 Å². The van der Waals surface area contributed by atoms with Crippen LogP contribution in [0.3, 0.4) is 0 Å². The zero-order valence-electron chi connectivity index (χ0n) is 8.42. The second kappa shape index (κ2) is 4.26. The SMILES string of the molecule is Cc1cc(CC(C)(N)CO)cc(Cl)n1. The molecule has 0 radical (unpaired) electrons. The van der Waals surface area contributed by atoms with Crippen LogP contribution in [0.15, 0.2) is 12.1 Å². The van der Waals surface area contributed by atoms with Crippen molar-refractivity contribution in [3.63, 3.8) is 0 Å². The van der Waals surface area contributed by atoms with Gasteiger partial charge in [0.25, 0.3) is 0 Å². The van der Waals surface area contributed by atoms with Gasteiger partial charge in [-0.05, 0) is 38.0 Å². The van der Waals surface area contributed by atoms with E-state index in [0.29, 0.717) is 11.6 Å². The molecule has 0 fully saturated rings. The first kappa shape index (κ1) is 11.4. The molecule has 0 aromatic carbocycles. The Balaban J connectivity index is 2.87. The van der Waals surface area contributed by atoms with E-state index in [4.69, 9.17) is 22.4 Å². The van der Waals surface area contributed by atoms with Crippen LogP contribution in [0.1, 0.15) is 18.2 Å². The Kier molecular flexibility index (Phi) is 3.48. The van der Waals surface area contributed by atoms with Gasteiger partial charge in [0.2, 0.25) is 0 Å². The summed E-state index contributed by atoms with van der Waals surface area (Å²) in [6.45, 7) is 3.63. The molecule has 0 aliphatic heterocycles. The largest absolute Gasteiger partial charge is 0.394 e. The number of nitrogens with two attached hydrogens (primary N) is 1. The molecule has 0 aliphatic carbocycles. The van der Waals surface area contributed by atoms with Crippen molar-refractivity contribution >= 4 is 11.6 Å². The van der Waals surface area contributed by atoms with E-state index in [9.17, 15) is 0 Å². The Hall–Kier alpha value is -0.640. The van der Waals surface area contributed by atoms with Crippen molar-refractivity contribution in [2.24, 2.45) is 5.73 Å². The van der Waals surface area contributed by atoms with Gasteiger partial charge in [0.05, 0.1) is 6.61 Å². The topological polar surface area (TPSA) is 59.1 Å². The first-order valence-electron chi connectivity index (χ1n) is 4.46. The second-order valence-electron chi connectivity index (χ2n) is 3.93. The maximum atomic E-state index is 9.02. The predicted octanol–water partition coefficient (Wildman–Crippen LogP) is 1.30. The minimum atomic E-state index is -0.600. The Morgan fingerprint density at radius 3 is 2.71 bits per heavy atom. The number of halogens is 1. The van der Waals surface area contributed by atoms with Crippen LogP contribution in [0.2, 0.25) is 5.15 Å². The van der Waals surface area contributed by atoms with Crippen LogP contribution in [-0.2, 0) is 6.42 Å². The van der Waals surface area contributed by atoms with Crippen LogP contribution < -0.4 is 5.73 Å².